The third-order valence-corrected chi connectivity index (χ3v) is 5.73. The van der Waals surface area contributed by atoms with Gasteiger partial charge in [0.2, 0.25) is 0 Å². The van der Waals surface area contributed by atoms with E-state index in [0.29, 0.717) is 25.5 Å². The zero-order valence-electron chi connectivity index (χ0n) is 15.7. The molecule has 0 radical (unpaired) electrons. The van der Waals surface area contributed by atoms with E-state index >= 15 is 0 Å². The minimum Gasteiger partial charge on any atom is -0.356 e. The quantitative estimate of drug-likeness (QED) is 0.427. The molecule has 0 amide bonds. The van der Waals surface area contributed by atoms with Crippen LogP contribution in [0.3, 0.4) is 0 Å². The van der Waals surface area contributed by atoms with Crippen LogP contribution in [0.2, 0.25) is 0 Å². The van der Waals surface area contributed by atoms with Crippen LogP contribution in [0.4, 0.5) is 4.39 Å². The molecule has 0 aliphatic heterocycles. The molecule has 2 aromatic rings. The van der Waals surface area contributed by atoms with Gasteiger partial charge >= 0.3 is 0 Å². The first kappa shape index (κ1) is 20.9. The summed E-state index contributed by atoms with van der Waals surface area (Å²) in [5.74, 6) is 0.584. The molecule has 2 aromatic carbocycles. The summed E-state index contributed by atoms with van der Waals surface area (Å²) in [4.78, 5) is 6.12. The maximum absolute atomic E-state index is 13.0. The van der Waals surface area contributed by atoms with Gasteiger partial charge in [0, 0.05) is 27.2 Å². The second-order valence-electron chi connectivity index (χ2n) is 6.39. The Hall–Kier alpha value is -2.41. The molecule has 2 rings (SSSR count). The highest BCUT2D eigenvalue weighted by Gasteiger charge is 2.12. The summed E-state index contributed by atoms with van der Waals surface area (Å²) < 4.78 is 37.4. The lowest BCUT2D eigenvalue weighted by Gasteiger charge is -2.22. The van der Waals surface area contributed by atoms with Crippen molar-refractivity contribution in [3.05, 3.63) is 71.5 Å². The number of nitrogens with one attached hydrogen (secondary N) is 1. The van der Waals surface area contributed by atoms with Gasteiger partial charge in [0.25, 0.3) is 0 Å². The predicted octanol–water partition coefficient (Wildman–Crippen LogP) is 2.84. The zero-order valence-corrected chi connectivity index (χ0v) is 16.5. The summed E-state index contributed by atoms with van der Waals surface area (Å²) in [6, 6.07) is 15.5. The second kappa shape index (κ2) is 10.1. The first-order valence-electron chi connectivity index (χ1n) is 8.80. The molecule has 0 saturated heterocycles. The number of sulfone groups is 1. The fourth-order valence-electron chi connectivity index (χ4n) is 2.72. The summed E-state index contributed by atoms with van der Waals surface area (Å²) in [7, 11) is 0.415. The average Bonchev–Trinajstić information content (AvgIpc) is 2.64. The Labute approximate surface area is 160 Å². The van der Waals surface area contributed by atoms with Gasteiger partial charge in [-0.3, -0.25) is 4.99 Å². The third-order valence-electron chi connectivity index (χ3n) is 4.05. The molecule has 0 spiro atoms. The molecule has 0 unspecified atom stereocenters. The van der Waals surface area contributed by atoms with Crippen molar-refractivity contribution in [2.75, 3.05) is 26.4 Å². The van der Waals surface area contributed by atoms with Gasteiger partial charge < -0.3 is 10.2 Å². The fourth-order valence-corrected chi connectivity index (χ4v) is 4.14. The van der Waals surface area contributed by atoms with Gasteiger partial charge in [-0.15, -0.1) is 0 Å². The Balaban J connectivity index is 1.77. The Morgan fingerprint density at radius 1 is 1.07 bits per heavy atom. The standard InChI is InChI=1S/C20H26FN3O2S/c1-22-20(24(2)15-17-9-11-19(21)12-10-17)23-13-6-14-27(25,26)16-18-7-4-3-5-8-18/h3-5,7-12H,6,13-16H2,1-2H3,(H,22,23). The van der Waals surface area contributed by atoms with E-state index in [1.165, 1.54) is 12.1 Å². The van der Waals surface area contributed by atoms with Crippen molar-refractivity contribution in [2.24, 2.45) is 4.99 Å². The normalized spacial score (nSPS) is 12.0. The third kappa shape index (κ3) is 7.38. The van der Waals surface area contributed by atoms with Crippen molar-refractivity contribution in [3.8, 4) is 0 Å². The highest BCUT2D eigenvalue weighted by Crippen LogP contribution is 2.08. The number of nitrogens with zero attached hydrogens (tertiary/aromatic N) is 2. The molecule has 0 aromatic heterocycles. The van der Waals surface area contributed by atoms with E-state index in [9.17, 15) is 12.8 Å². The number of hydrogen-bond acceptors (Lipinski definition) is 3. The van der Waals surface area contributed by atoms with Crippen LogP contribution < -0.4 is 5.32 Å². The molecular weight excluding hydrogens is 365 g/mol. The second-order valence-corrected chi connectivity index (χ2v) is 8.57. The number of aliphatic imine (C=N–C) groups is 1. The van der Waals surface area contributed by atoms with Crippen molar-refractivity contribution in [1.29, 1.82) is 0 Å². The van der Waals surface area contributed by atoms with Crippen LogP contribution in [0, 0.1) is 5.82 Å². The van der Waals surface area contributed by atoms with Crippen LogP contribution in [0.25, 0.3) is 0 Å². The first-order chi connectivity index (χ1) is 12.9. The van der Waals surface area contributed by atoms with Gasteiger partial charge in [-0.1, -0.05) is 42.5 Å². The Kier molecular flexibility index (Phi) is 7.79. The number of guanidine groups is 1. The van der Waals surface area contributed by atoms with E-state index < -0.39 is 9.84 Å². The Morgan fingerprint density at radius 3 is 2.37 bits per heavy atom. The molecule has 5 nitrogen and oxygen atoms in total. The van der Waals surface area contributed by atoms with E-state index in [0.717, 1.165) is 11.1 Å². The lowest BCUT2D eigenvalue weighted by atomic mass is 10.2. The van der Waals surface area contributed by atoms with Crippen molar-refractivity contribution < 1.29 is 12.8 Å². The smallest absolute Gasteiger partial charge is 0.193 e. The monoisotopic (exact) mass is 391 g/mol. The number of rotatable bonds is 8. The highest BCUT2D eigenvalue weighted by molar-refractivity contribution is 7.90. The van der Waals surface area contributed by atoms with Gasteiger partial charge in [0.05, 0.1) is 11.5 Å². The lowest BCUT2D eigenvalue weighted by molar-refractivity contribution is 0.476. The number of halogens is 1. The summed E-state index contributed by atoms with van der Waals surface area (Å²) >= 11 is 0. The summed E-state index contributed by atoms with van der Waals surface area (Å²) in [6.45, 7) is 1.08. The van der Waals surface area contributed by atoms with Gasteiger partial charge in [-0.25, -0.2) is 12.8 Å². The van der Waals surface area contributed by atoms with Crippen LogP contribution in [0.15, 0.2) is 59.6 Å². The molecule has 0 bridgehead atoms. The molecule has 0 saturated carbocycles. The molecule has 0 fully saturated rings. The number of hydrogen-bond donors (Lipinski definition) is 1. The lowest BCUT2D eigenvalue weighted by Crippen LogP contribution is -2.39. The fraction of sp³-hybridized carbons (Fsp3) is 0.350. The van der Waals surface area contributed by atoms with Crippen LogP contribution >= 0.6 is 0 Å². The zero-order chi connectivity index (χ0) is 19.7. The van der Waals surface area contributed by atoms with E-state index in [1.54, 1.807) is 19.2 Å². The molecular formula is C20H26FN3O2S. The molecule has 27 heavy (non-hydrogen) atoms. The molecule has 146 valence electrons. The van der Waals surface area contributed by atoms with Crippen molar-refractivity contribution in [2.45, 2.75) is 18.7 Å². The van der Waals surface area contributed by atoms with Gasteiger partial charge in [-0.2, -0.15) is 0 Å². The van der Waals surface area contributed by atoms with Crippen LogP contribution in [0.5, 0.6) is 0 Å². The molecule has 0 aliphatic rings. The largest absolute Gasteiger partial charge is 0.356 e. The van der Waals surface area contributed by atoms with E-state index in [-0.39, 0.29) is 17.3 Å². The first-order valence-corrected chi connectivity index (χ1v) is 10.6. The Bertz CT molecular complexity index is 837. The van der Waals surface area contributed by atoms with Crippen LogP contribution in [-0.4, -0.2) is 45.7 Å². The topological polar surface area (TPSA) is 61.8 Å². The maximum Gasteiger partial charge on any atom is 0.193 e. The SMILES string of the molecule is CN=C(NCCCS(=O)(=O)Cc1ccccc1)N(C)Cc1ccc(F)cc1. The van der Waals surface area contributed by atoms with E-state index in [2.05, 4.69) is 10.3 Å². The van der Waals surface area contributed by atoms with Gasteiger partial charge in [0.1, 0.15) is 5.82 Å². The van der Waals surface area contributed by atoms with Crippen molar-refractivity contribution in [1.82, 2.24) is 10.2 Å². The molecule has 7 heteroatoms. The molecule has 1 N–H and O–H groups in total. The maximum atomic E-state index is 13.0. The van der Waals surface area contributed by atoms with Crippen molar-refractivity contribution >= 4 is 15.8 Å². The van der Waals surface area contributed by atoms with Crippen molar-refractivity contribution in [3.63, 3.8) is 0 Å². The number of benzene rings is 2. The molecule has 0 heterocycles. The Morgan fingerprint density at radius 2 is 1.74 bits per heavy atom. The minimum absolute atomic E-state index is 0.0625. The summed E-state index contributed by atoms with van der Waals surface area (Å²) in [6.07, 6.45) is 0.499. The predicted molar refractivity (Wildman–Crippen MR) is 108 cm³/mol. The van der Waals surface area contributed by atoms with Crippen LogP contribution in [0.1, 0.15) is 17.5 Å². The van der Waals surface area contributed by atoms with E-state index in [4.69, 9.17) is 0 Å². The summed E-state index contributed by atoms with van der Waals surface area (Å²) in [5, 5.41) is 3.17. The van der Waals surface area contributed by atoms with Crippen LogP contribution in [-0.2, 0) is 22.1 Å². The van der Waals surface area contributed by atoms with E-state index in [1.807, 2.05) is 42.3 Å². The average molecular weight is 392 g/mol. The minimum atomic E-state index is -3.14. The highest BCUT2D eigenvalue weighted by atomic mass is 32.2. The summed E-state index contributed by atoms with van der Waals surface area (Å²) in [5.41, 5.74) is 1.77. The molecule has 0 aliphatic carbocycles. The van der Waals surface area contributed by atoms with Gasteiger partial charge in [0.15, 0.2) is 15.8 Å². The molecule has 0 atom stereocenters. The van der Waals surface area contributed by atoms with Gasteiger partial charge in [-0.05, 0) is 29.7 Å².